The number of hydrogen-bond acceptors (Lipinski definition) is 4. The summed E-state index contributed by atoms with van der Waals surface area (Å²) in [6.07, 6.45) is 1.26. The second kappa shape index (κ2) is 5.60. The van der Waals surface area contributed by atoms with Crippen molar-refractivity contribution >= 4 is 23.1 Å². The summed E-state index contributed by atoms with van der Waals surface area (Å²) >= 11 is 4.80. The topological polar surface area (TPSA) is 81.1 Å². The summed E-state index contributed by atoms with van der Waals surface area (Å²) in [7, 11) is 0. The third kappa shape index (κ3) is 3.62. The number of amides is 1. The average Bonchev–Trinajstić information content (AvgIpc) is 2.63. The highest BCUT2D eigenvalue weighted by molar-refractivity contribution is 7.80. The minimum atomic E-state index is -0.264. The average molecular weight is 241 g/mol. The molecule has 3 N–H and O–H groups in total. The highest BCUT2D eigenvalue weighted by atomic mass is 32.1. The highest BCUT2D eigenvalue weighted by Crippen LogP contribution is 2.04. The fraction of sp³-hybridized carbons (Fsp3) is 0.500. The lowest BCUT2D eigenvalue weighted by molar-refractivity contribution is 0.0928. The van der Waals surface area contributed by atoms with Gasteiger partial charge in [0.1, 0.15) is 5.76 Å². The molecule has 0 saturated heterocycles. The smallest absolute Gasteiger partial charge is 0.273 e. The quantitative estimate of drug-likeness (QED) is 0.756. The van der Waals surface area contributed by atoms with E-state index in [0.717, 1.165) is 6.42 Å². The molecule has 1 rings (SSSR count). The molecule has 0 aliphatic heterocycles. The van der Waals surface area contributed by atoms with Gasteiger partial charge in [0.2, 0.25) is 0 Å². The van der Waals surface area contributed by atoms with Crippen LogP contribution in [0.25, 0.3) is 0 Å². The van der Waals surface area contributed by atoms with Gasteiger partial charge in [0, 0.05) is 18.5 Å². The molecule has 5 nitrogen and oxygen atoms in total. The van der Waals surface area contributed by atoms with Crippen molar-refractivity contribution < 1.29 is 9.32 Å². The van der Waals surface area contributed by atoms with E-state index in [4.69, 9.17) is 22.5 Å². The van der Waals surface area contributed by atoms with Crippen LogP contribution in [0.4, 0.5) is 0 Å². The first-order valence-corrected chi connectivity index (χ1v) is 5.46. The molecule has 1 unspecified atom stereocenters. The lowest BCUT2D eigenvalue weighted by Gasteiger charge is -2.14. The van der Waals surface area contributed by atoms with Gasteiger partial charge >= 0.3 is 0 Å². The molecule has 88 valence electrons. The first-order chi connectivity index (χ1) is 7.52. The molecule has 0 spiro atoms. The van der Waals surface area contributed by atoms with Crippen molar-refractivity contribution in [2.24, 2.45) is 5.73 Å². The van der Waals surface area contributed by atoms with Gasteiger partial charge in [-0.3, -0.25) is 4.79 Å². The van der Waals surface area contributed by atoms with Crippen LogP contribution < -0.4 is 11.1 Å². The molecule has 0 bridgehead atoms. The summed E-state index contributed by atoms with van der Waals surface area (Å²) in [5.74, 6) is 0.340. The molecule has 0 aliphatic carbocycles. The molecule has 16 heavy (non-hydrogen) atoms. The summed E-state index contributed by atoms with van der Waals surface area (Å²) < 4.78 is 4.82. The Morgan fingerprint density at radius 3 is 2.88 bits per heavy atom. The van der Waals surface area contributed by atoms with Gasteiger partial charge in [-0.25, -0.2) is 0 Å². The zero-order valence-electron chi connectivity index (χ0n) is 9.32. The summed E-state index contributed by atoms with van der Waals surface area (Å²) in [5.41, 5.74) is 5.71. The molecule has 1 amide bonds. The summed E-state index contributed by atoms with van der Waals surface area (Å²) in [6, 6.07) is 1.53. The standard InChI is InChI=1S/C10H15N3O2S/c1-3-7(5-9(11)16)12-10(14)8-4-6(2)15-13-8/h4,7H,3,5H2,1-2H3,(H2,11,16)(H,12,14). The van der Waals surface area contributed by atoms with E-state index in [9.17, 15) is 4.79 Å². The van der Waals surface area contributed by atoms with Crippen molar-refractivity contribution in [3.63, 3.8) is 0 Å². The van der Waals surface area contributed by atoms with E-state index in [1.807, 2.05) is 6.92 Å². The Bertz CT molecular complexity index is 389. The van der Waals surface area contributed by atoms with Crippen molar-refractivity contribution in [1.82, 2.24) is 10.5 Å². The predicted octanol–water partition coefficient (Wildman–Crippen LogP) is 1.17. The van der Waals surface area contributed by atoms with Crippen LogP contribution in [0, 0.1) is 6.92 Å². The fourth-order valence-corrected chi connectivity index (χ4v) is 1.47. The molecule has 0 aromatic carbocycles. The van der Waals surface area contributed by atoms with E-state index in [1.165, 1.54) is 0 Å². The Morgan fingerprint density at radius 1 is 1.75 bits per heavy atom. The van der Waals surface area contributed by atoms with E-state index in [0.29, 0.717) is 17.2 Å². The number of nitrogens with one attached hydrogen (secondary N) is 1. The van der Waals surface area contributed by atoms with Crippen LogP contribution in [0.3, 0.4) is 0 Å². The molecular weight excluding hydrogens is 226 g/mol. The van der Waals surface area contributed by atoms with E-state index in [-0.39, 0.29) is 17.6 Å². The number of rotatable bonds is 5. The number of carbonyl (C=O) groups is 1. The van der Waals surface area contributed by atoms with Crippen LogP contribution in [-0.4, -0.2) is 22.1 Å². The predicted molar refractivity (Wildman–Crippen MR) is 64.2 cm³/mol. The molecule has 1 aromatic heterocycles. The van der Waals surface area contributed by atoms with Gasteiger partial charge in [-0.15, -0.1) is 0 Å². The van der Waals surface area contributed by atoms with Crippen LogP contribution >= 0.6 is 12.2 Å². The Balaban J connectivity index is 2.58. The second-order valence-corrected chi connectivity index (χ2v) is 4.10. The molecule has 1 aromatic rings. The lowest BCUT2D eigenvalue weighted by Crippen LogP contribution is -2.37. The molecule has 0 fully saturated rings. The van der Waals surface area contributed by atoms with Gasteiger partial charge in [0.15, 0.2) is 5.69 Å². The highest BCUT2D eigenvalue weighted by Gasteiger charge is 2.15. The minimum absolute atomic E-state index is 0.0537. The van der Waals surface area contributed by atoms with Crippen molar-refractivity contribution in [1.29, 1.82) is 0 Å². The van der Waals surface area contributed by atoms with Crippen molar-refractivity contribution in [2.75, 3.05) is 0 Å². The third-order valence-corrected chi connectivity index (χ3v) is 2.30. The van der Waals surface area contributed by atoms with Gasteiger partial charge in [-0.05, 0) is 13.3 Å². The monoisotopic (exact) mass is 241 g/mol. The van der Waals surface area contributed by atoms with Gasteiger partial charge in [0.25, 0.3) is 5.91 Å². The van der Waals surface area contributed by atoms with Gasteiger partial charge in [0.05, 0.1) is 4.99 Å². The number of nitrogens with zero attached hydrogens (tertiary/aromatic N) is 1. The number of aryl methyl sites for hydroxylation is 1. The van der Waals surface area contributed by atoms with Crippen LogP contribution in [-0.2, 0) is 0 Å². The van der Waals surface area contributed by atoms with E-state index in [2.05, 4.69) is 10.5 Å². The van der Waals surface area contributed by atoms with E-state index < -0.39 is 0 Å². The SMILES string of the molecule is CCC(CC(N)=S)NC(=O)c1cc(C)on1. The van der Waals surface area contributed by atoms with Crippen molar-refractivity contribution in [2.45, 2.75) is 32.7 Å². The Morgan fingerprint density at radius 2 is 2.44 bits per heavy atom. The lowest BCUT2D eigenvalue weighted by atomic mass is 10.1. The van der Waals surface area contributed by atoms with E-state index >= 15 is 0 Å². The van der Waals surface area contributed by atoms with Crippen molar-refractivity contribution in [3.8, 4) is 0 Å². The fourth-order valence-electron chi connectivity index (χ4n) is 1.27. The summed E-state index contributed by atoms with van der Waals surface area (Å²) in [4.78, 5) is 12.1. The van der Waals surface area contributed by atoms with Gasteiger partial charge in [-0.2, -0.15) is 0 Å². The molecule has 0 aliphatic rings. The number of carbonyl (C=O) groups excluding carboxylic acids is 1. The maximum Gasteiger partial charge on any atom is 0.273 e. The van der Waals surface area contributed by atoms with Gasteiger partial charge < -0.3 is 15.6 Å². The molecule has 1 atom stereocenters. The number of hydrogen-bond donors (Lipinski definition) is 2. The maximum atomic E-state index is 11.7. The third-order valence-electron chi connectivity index (χ3n) is 2.14. The maximum absolute atomic E-state index is 11.7. The van der Waals surface area contributed by atoms with Crippen LogP contribution in [0.15, 0.2) is 10.6 Å². The molecule has 1 heterocycles. The first kappa shape index (κ1) is 12.6. The van der Waals surface area contributed by atoms with Crippen LogP contribution in [0.1, 0.15) is 36.0 Å². The van der Waals surface area contributed by atoms with Crippen LogP contribution in [0.5, 0.6) is 0 Å². The van der Waals surface area contributed by atoms with Crippen molar-refractivity contribution in [3.05, 3.63) is 17.5 Å². The molecule has 0 radical (unpaired) electrons. The number of thiocarbonyl (C=S) groups is 1. The van der Waals surface area contributed by atoms with E-state index in [1.54, 1.807) is 13.0 Å². The summed E-state index contributed by atoms with van der Waals surface area (Å²) in [6.45, 7) is 3.69. The molecule has 6 heteroatoms. The summed E-state index contributed by atoms with van der Waals surface area (Å²) in [5, 5.41) is 6.43. The zero-order chi connectivity index (χ0) is 12.1. The second-order valence-electron chi connectivity index (χ2n) is 3.57. The molecular formula is C10H15N3O2S. The Labute approximate surface area is 99.4 Å². The van der Waals surface area contributed by atoms with Gasteiger partial charge in [-0.1, -0.05) is 24.3 Å². The van der Waals surface area contributed by atoms with Crippen LogP contribution in [0.2, 0.25) is 0 Å². The normalized spacial score (nSPS) is 12.1. The number of nitrogens with two attached hydrogens (primary N) is 1. The molecule has 0 saturated carbocycles. The Kier molecular flexibility index (Phi) is 4.42. The first-order valence-electron chi connectivity index (χ1n) is 5.05. The zero-order valence-corrected chi connectivity index (χ0v) is 10.1. The Hall–Kier alpha value is -1.43. The largest absolute Gasteiger partial charge is 0.393 e. The minimum Gasteiger partial charge on any atom is -0.393 e. The number of aromatic nitrogens is 1.